The predicted octanol–water partition coefficient (Wildman–Crippen LogP) is 4.31. The molecule has 1 fully saturated rings. The van der Waals surface area contributed by atoms with E-state index in [2.05, 4.69) is 51.1 Å². The molecule has 1 heterocycles. The van der Waals surface area contributed by atoms with Crippen LogP contribution in [0.1, 0.15) is 52.0 Å². The highest BCUT2D eigenvalue weighted by molar-refractivity contribution is 5.26. The Morgan fingerprint density at radius 1 is 1.18 bits per heavy atom. The topological polar surface area (TPSA) is 9.23 Å². The second-order valence-corrected chi connectivity index (χ2v) is 5.93. The van der Waals surface area contributed by atoms with Crippen LogP contribution in [0.15, 0.2) is 30.3 Å². The molecule has 94 valence electrons. The van der Waals surface area contributed by atoms with Gasteiger partial charge in [0.1, 0.15) is 0 Å². The molecule has 17 heavy (non-hydrogen) atoms. The lowest BCUT2D eigenvalue weighted by molar-refractivity contribution is -0.0842. The maximum atomic E-state index is 5.89. The fourth-order valence-electron chi connectivity index (χ4n) is 3.35. The molecule has 1 aliphatic rings. The van der Waals surface area contributed by atoms with E-state index in [1.54, 1.807) is 0 Å². The first kappa shape index (κ1) is 12.6. The Morgan fingerprint density at radius 3 is 2.47 bits per heavy atom. The number of ether oxygens (including phenoxy) is 1. The second-order valence-electron chi connectivity index (χ2n) is 5.93. The monoisotopic (exact) mass is 232 g/mol. The third-order valence-electron chi connectivity index (χ3n) is 3.95. The van der Waals surface area contributed by atoms with Crippen LogP contribution >= 0.6 is 0 Å². The lowest BCUT2D eigenvalue weighted by Crippen LogP contribution is -2.43. The third-order valence-corrected chi connectivity index (χ3v) is 3.95. The van der Waals surface area contributed by atoms with Gasteiger partial charge in [0.05, 0.1) is 5.60 Å². The molecule has 1 atom stereocenters. The maximum Gasteiger partial charge on any atom is 0.0635 e. The van der Waals surface area contributed by atoms with Gasteiger partial charge in [0, 0.05) is 12.0 Å². The van der Waals surface area contributed by atoms with Gasteiger partial charge in [-0.15, -0.1) is 0 Å². The molecular formula is C16H24O. The maximum absolute atomic E-state index is 5.89. The third kappa shape index (κ3) is 2.71. The Balaban J connectivity index is 2.32. The largest absolute Gasteiger partial charge is 0.376 e. The van der Waals surface area contributed by atoms with Crippen LogP contribution in [0.2, 0.25) is 0 Å². The summed E-state index contributed by atoms with van der Waals surface area (Å²) < 4.78 is 5.89. The summed E-state index contributed by atoms with van der Waals surface area (Å²) in [5.41, 5.74) is 1.85. The summed E-state index contributed by atoms with van der Waals surface area (Å²) in [4.78, 5) is 0. The van der Waals surface area contributed by atoms with Crippen molar-refractivity contribution >= 4 is 0 Å². The predicted molar refractivity (Wildman–Crippen MR) is 72.3 cm³/mol. The zero-order chi connectivity index (χ0) is 12.4. The van der Waals surface area contributed by atoms with Gasteiger partial charge in [-0.1, -0.05) is 43.7 Å². The summed E-state index contributed by atoms with van der Waals surface area (Å²) in [7, 11) is 0. The Morgan fingerprint density at radius 2 is 1.88 bits per heavy atom. The summed E-state index contributed by atoms with van der Waals surface area (Å²) >= 11 is 0. The zero-order valence-corrected chi connectivity index (χ0v) is 11.3. The van der Waals surface area contributed by atoms with Gasteiger partial charge in [-0.2, -0.15) is 0 Å². The van der Waals surface area contributed by atoms with Gasteiger partial charge in [0.25, 0.3) is 0 Å². The van der Waals surface area contributed by atoms with Crippen LogP contribution in [0.3, 0.4) is 0 Å². The van der Waals surface area contributed by atoms with Gasteiger partial charge in [-0.05, 0) is 38.7 Å². The first-order chi connectivity index (χ1) is 8.08. The van der Waals surface area contributed by atoms with Gasteiger partial charge in [0.15, 0.2) is 0 Å². The van der Waals surface area contributed by atoms with E-state index in [0.29, 0.717) is 5.41 Å². The SMILES string of the molecule is CCCC1(c2ccccc2)CCOC(C)(C)C1. The molecule has 1 aliphatic heterocycles. The Kier molecular flexibility index (Phi) is 3.58. The van der Waals surface area contributed by atoms with E-state index in [0.717, 1.165) is 19.4 Å². The van der Waals surface area contributed by atoms with E-state index < -0.39 is 0 Å². The van der Waals surface area contributed by atoms with Crippen LogP contribution in [0, 0.1) is 0 Å². The van der Waals surface area contributed by atoms with Gasteiger partial charge >= 0.3 is 0 Å². The van der Waals surface area contributed by atoms with E-state index >= 15 is 0 Å². The van der Waals surface area contributed by atoms with Crippen LogP contribution in [0.25, 0.3) is 0 Å². The zero-order valence-electron chi connectivity index (χ0n) is 11.3. The van der Waals surface area contributed by atoms with Crippen LogP contribution in [0.4, 0.5) is 0 Å². The molecule has 1 saturated heterocycles. The molecule has 1 aromatic rings. The summed E-state index contributed by atoms with van der Waals surface area (Å²) in [6.45, 7) is 7.62. The summed E-state index contributed by atoms with van der Waals surface area (Å²) in [5, 5.41) is 0. The smallest absolute Gasteiger partial charge is 0.0635 e. The number of hydrogen-bond donors (Lipinski definition) is 0. The van der Waals surface area contributed by atoms with Crippen molar-refractivity contribution in [2.75, 3.05) is 6.61 Å². The second kappa shape index (κ2) is 4.81. The lowest BCUT2D eigenvalue weighted by atomic mass is 9.67. The highest BCUT2D eigenvalue weighted by Crippen LogP contribution is 2.44. The first-order valence-corrected chi connectivity index (χ1v) is 6.77. The van der Waals surface area contributed by atoms with Crippen molar-refractivity contribution in [3.8, 4) is 0 Å². The molecule has 1 unspecified atom stereocenters. The molecule has 0 amide bonds. The van der Waals surface area contributed by atoms with Crippen molar-refractivity contribution in [1.82, 2.24) is 0 Å². The highest BCUT2D eigenvalue weighted by atomic mass is 16.5. The molecule has 0 bridgehead atoms. The van der Waals surface area contributed by atoms with Crippen molar-refractivity contribution in [1.29, 1.82) is 0 Å². The standard InChI is InChI=1S/C16H24O/c1-4-10-16(14-8-6-5-7-9-14)11-12-17-15(2,3)13-16/h5-9H,4,10-13H2,1-3H3. The Labute approximate surface area is 105 Å². The van der Waals surface area contributed by atoms with Crippen LogP contribution in [0.5, 0.6) is 0 Å². The van der Waals surface area contributed by atoms with E-state index in [1.165, 1.54) is 18.4 Å². The van der Waals surface area contributed by atoms with Crippen molar-refractivity contribution in [3.63, 3.8) is 0 Å². The van der Waals surface area contributed by atoms with Crippen LogP contribution in [-0.2, 0) is 10.2 Å². The normalized spacial score (nSPS) is 27.9. The summed E-state index contributed by atoms with van der Waals surface area (Å²) in [6, 6.07) is 11.0. The quantitative estimate of drug-likeness (QED) is 0.754. The number of benzene rings is 1. The highest BCUT2D eigenvalue weighted by Gasteiger charge is 2.41. The van der Waals surface area contributed by atoms with Crippen LogP contribution in [-0.4, -0.2) is 12.2 Å². The molecule has 1 heteroatoms. The molecule has 2 rings (SSSR count). The van der Waals surface area contributed by atoms with Crippen molar-refractivity contribution in [2.45, 2.75) is 57.5 Å². The van der Waals surface area contributed by atoms with Gasteiger partial charge in [-0.3, -0.25) is 0 Å². The van der Waals surface area contributed by atoms with Crippen molar-refractivity contribution in [2.24, 2.45) is 0 Å². The molecule has 0 N–H and O–H groups in total. The summed E-state index contributed by atoms with van der Waals surface area (Å²) in [6.07, 6.45) is 4.81. The minimum absolute atomic E-state index is 0.0171. The molecule has 0 aliphatic carbocycles. The Hall–Kier alpha value is -0.820. The van der Waals surface area contributed by atoms with Gasteiger partial charge in [-0.25, -0.2) is 0 Å². The Bertz CT molecular complexity index is 351. The van der Waals surface area contributed by atoms with E-state index in [1.807, 2.05) is 0 Å². The molecule has 0 saturated carbocycles. The van der Waals surface area contributed by atoms with Crippen molar-refractivity contribution in [3.05, 3.63) is 35.9 Å². The van der Waals surface area contributed by atoms with E-state index in [9.17, 15) is 0 Å². The molecule has 0 spiro atoms. The molecule has 1 nitrogen and oxygen atoms in total. The number of hydrogen-bond acceptors (Lipinski definition) is 1. The average Bonchev–Trinajstić information content (AvgIpc) is 2.29. The summed E-state index contributed by atoms with van der Waals surface area (Å²) in [5.74, 6) is 0. The van der Waals surface area contributed by atoms with E-state index in [-0.39, 0.29) is 5.60 Å². The number of rotatable bonds is 3. The minimum atomic E-state index is 0.0171. The fraction of sp³-hybridized carbons (Fsp3) is 0.625. The first-order valence-electron chi connectivity index (χ1n) is 6.77. The molecular weight excluding hydrogens is 208 g/mol. The van der Waals surface area contributed by atoms with Gasteiger partial charge in [0.2, 0.25) is 0 Å². The molecule has 1 aromatic carbocycles. The minimum Gasteiger partial charge on any atom is -0.376 e. The fourth-order valence-corrected chi connectivity index (χ4v) is 3.35. The van der Waals surface area contributed by atoms with E-state index in [4.69, 9.17) is 4.74 Å². The molecule has 0 aromatic heterocycles. The van der Waals surface area contributed by atoms with Gasteiger partial charge < -0.3 is 4.74 Å². The van der Waals surface area contributed by atoms with Crippen LogP contribution < -0.4 is 0 Å². The van der Waals surface area contributed by atoms with Crippen molar-refractivity contribution < 1.29 is 4.74 Å². The lowest BCUT2D eigenvalue weighted by Gasteiger charge is -2.45. The average molecular weight is 232 g/mol. The molecule has 0 radical (unpaired) electrons.